The summed E-state index contributed by atoms with van der Waals surface area (Å²) in [4.78, 5) is 28.7. The molecule has 5 heteroatoms. The van der Waals surface area contributed by atoms with Gasteiger partial charge in [-0.05, 0) is 18.6 Å². The average Bonchev–Trinajstić information content (AvgIpc) is 2.76. The molecular weight excluding hydrogens is 260 g/mol. The van der Waals surface area contributed by atoms with Crippen molar-refractivity contribution in [1.82, 2.24) is 9.55 Å². The van der Waals surface area contributed by atoms with E-state index in [1.54, 1.807) is 0 Å². The molecule has 0 unspecified atom stereocenters. The van der Waals surface area contributed by atoms with Gasteiger partial charge in [0.15, 0.2) is 0 Å². The number of nitrogens with one attached hydrogen (secondary N) is 1. The summed E-state index contributed by atoms with van der Waals surface area (Å²) in [7, 11) is 0. The number of nitrogens with zero attached hydrogens (tertiary/aromatic N) is 1. The minimum atomic E-state index is -0.358. The summed E-state index contributed by atoms with van der Waals surface area (Å²) in [6, 6.07) is 11.3. The van der Waals surface area contributed by atoms with Crippen LogP contribution in [0.2, 0.25) is 0 Å². The van der Waals surface area contributed by atoms with E-state index in [1.165, 1.54) is 15.9 Å². The summed E-state index contributed by atoms with van der Waals surface area (Å²) < 4.78 is 1.24. The lowest BCUT2D eigenvalue weighted by Gasteiger charge is -2.04. The van der Waals surface area contributed by atoms with Crippen molar-refractivity contribution in [3.05, 3.63) is 67.7 Å². The number of rotatable bonds is 2. The topological polar surface area (TPSA) is 54.9 Å². The summed E-state index contributed by atoms with van der Waals surface area (Å²) in [6.45, 7) is 2.21. The predicted molar refractivity (Wildman–Crippen MR) is 77.0 cm³/mol. The Balaban J connectivity index is 2.19. The highest BCUT2D eigenvalue weighted by Gasteiger charge is 2.10. The van der Waals surface area contributed by atoms with Gasteiger partial charge >= 0.3 is 5.69 Å². The predicted octanol–water partition coefficient (Wildman–Crippen LogP) is 2.11. The van der Waals surface area contributed by atoms with E-state index in [1.807, 2.05) is 43.3 Å². The van der Waals surface area contributed by atoms with Gasteiger partial charge in [0.25, 0.3) is 5.56 Å². The number of aryl methyl sites for hydroxylation is 1. The maximum absolute atomic E-state index is 12.3. The molecule has 3 aromatic rings. The van der Waals surface area contributed by atoms with Gasteiger partial charge in [0.1, 0.15) is 4.83 Å². The van der Waals surface area contributed by atoms with Gasteiger partial charge in [-0.15, -0.1) is 11.3 Å². The van der Waals surface area contributed by atoms with Gasteiger partial charge < -0.3 is 0 Å². The molecule has 4 nitrogen and oxygen atoms in total. The number of hydrogen-bond acceptors (Lipinski definition) is 3. The molecule has 0 aliphatic rings. The fourth-order valence-corrected chi connectivity index (χ4v) is 2.97. The molecule has 1 N–H and O–H groups in total. The molecule has 1 aromatic carbocycles. The average molecular weight is 272 g/mol. The molecule has 0 spiro atoms. The Morgan fingerprint density at radius 3 is 2.68 bits per heavy atom. The number of hydrogen-bond donors (Lipinski definition) is 1. The number of H-pyrrole nitrogens is 1. The second-order valence-corrected chi connectivity index (χ2v) is 5.66. The third kappa shape index (κ3) is 2.13. The highest BCUT2D eigenvalue weighted by Crippen LogP contribution is 2.18. The third-order valence-electron chi connectivity index (χ3n) is 2.98. The van der Waals surface area contributed by atoms with Gasteiger partial charge in [-0.25, -0.2) is 4.79 Å². The second kappa shape index (κ2) is 4.51. The number of thiophene rings is 1. The standard InChI is InChI=1S/C14H12N2O2S/c1-9-7-11-12(19-9)15-14(18)16(13(11)17)8-10-5-3-2-4-6-10/h2-7H,8H2,1H3,(H,15,18). The van der Waals surface area contributed by atoms with E-state index >= 15 is 0 Å². The van der Waals surface area contributed by atoms with E-state index in [0.29, 0.717) is 16.8 Å². The van der Waals surface area contributed by atoms with Crippen molar-refractivity contribution in [1.29, 1.82) is 0 Å². The van der Waals surface area contributed by atoms with E-state index in [-0.39, 0.29) is 11.2 Å². The first-order chi connectivity index (χ1) is 9.15. The summed E-state index contributed by atoms with van der Waals surface area (Å²) >= 11 is 1.43. The Morgan fingerprint density at radius 2 is 1.95 bits per heavy atom. The van der Waals surface area contributed by atoms with Gasteiger partial charge in [0.05, 0.1) is 11.9 Å². The van der Waals surface area contributed by atoms with Crippen LogP contribution >= 0.6 is 11.3 Å². The largest absolute Gasteiger partial charge is 0.329 e. The Morgan fingerprint density at radius 1 is 1.21 bits per heavy atom. The van der Waals surface area contributed by atoms with Crippen molar-refractivity contribution in [2.75, 3.05) is 0 Å². The van der Waals surface area contributed by atoms with E-state index in [0.717, 1.165) is 10.4 Å². The molecule has 96 valence electrons. The lowest BCUT2D eigenvalue weighted by Crippen LogP contribution is -2.34. The molecular formula is C14H12N2O2S. The first-order valence-electron chi connectivity index (χ1n) is 5.92. The van der Waals surface area contributed by atoms with Gasteiger partial charge in [0, 0.05) is 4.88 Å². The monoisotopic (exact) mass is 272 g/mol. The molecule has 0 aliphatic carbocycles. The van der Waals surface area contributed by atoms with Crippen molar-refractivity contribution in [2.45, 2.75) is 13.5 Å². The van der Waals surface area contributed by atoms with Gasteiger partial charge in [-0.1, -0.05) is 30.3 Å². The second-order valence-electron chi connectivity index (χ2n) is 4.41. The molecule has 3 rings (SSSR count). The van der Waals surface area contributed by atoms with Crippen LogP contribution in [0.25, 0.3) is 10.2 Å². The van der Waals surface area contributed by atoms with Crippen LogP contribution in [-0.2, 0) is 6.54 Å². The SMILES string of the molecule is Cc1cc2c(=O)n(Cc3ccccc3)c(=O)[nH]c2s1. The Labute approximate surface area is 113 Å². The zero-order chi connectivity index (χ0) is 13.4. The quantitative estimate of drug-likeness (QED) is 0.776. The molecule has 2 heterocycles. The van der Waals surface area contributed by atoms with Gasteiger partial charge in [-0.3, -0.25) is 14.3 Å². The van der Waals surface area contributed by atoms with Crippen LogP contribution in [0.3, 0.4) is 0 Å². The highest BCUT2D eigenvalue weighted by atomic mass is 32.1. The summed E-state index contributed by atoms with van der Waals surface area (Å²) in [5, 5.41) is 0.582. The van der Waals surface area contributed by atoms with E-state index < -0.39 is 0 Å². The molecule has 0 fully saturated rings. The maximum Gasteiger partial charge on any atom is 0.329 e. The Bertz CT molecular complexity index is 843. The smallest absolute Gasteiger partial charge is 0.298 e. The molecule has 0 saturated carbocycles. The zero-order valence-electron chi connectivity index (χ0n) is 10.3. The summed E-state index contributed by atoms with van der Waals surface area (Å²) in [5.41, 5.74) is 0.344. The molecule has 0 amide bonds. The third-order valence-corrected chi connectivity index (χ3v) is 3.95. The van der Waals surface area contributed by atoms with Crippen LogP contribution in [-0.4, -0.2) is 9.55 Å². The summed E-state index contributed by atoms with van der Waals surface area (Å²) in [5.74, 6) is 0. The minimum Gasteiger partial charge on any atom is -0.298 e. The first-order valence-corrected chi connectivity index (χ1v) is 6.74. The van der Waals surface area contributed by atoms with Crippen molar-refractivity contribution in [3.8, 4) is 0 Å². The number of aromatic amines is 1. The molecule has 0 bridgehead atoms. The first kappa shape index (κ1) is 11.9. The van der Waals surface area contributed by atoms with Crippen molar-refractivity contribution in [3.63, 3.8) is 0 Å². The fraction of sp³-hybridized carbons (Fsp3) is 0.143. The Hall–Kier alpha value is -2.14. The van der Waals surface area contributed by atoms with Crippen molar-refractivity contribution >= 4 is 21.6 Å². The van der Waals surface area contributed by atoms with Crippen LogP contribution in [0.5, 0.6) is 0 Å². The Kier molecular flexibility index (Phi) is 2.83. The van der Waals surface area contributed by atoms with E-state index in [4.69, 9.17) is 0 Å². The van der Waals surface area contributed by atoms with Crippen molar-refractivity contribution in [2.24, 2.45) is 0 Å². The van der Waals surface area contributed by atoms with Crippen LogP contribution in [0, 0.1) is 6.92 Å². The van der Waals surface area contributed by atoms with Crippen LogP contribution in [0.1, 0.15) is 10.4 Å². The van der Waals surface area contributed by atoms with Crippen LogP contribution in [0.4, 0.5) is 0 Å². The summed E-state index contributed by atoms with van der Waals surface area (Å²) in [6.07, 6.45) is 0. The lowest BCUT2D eigenvalue weighted by atomic mass is 10.2. The molecule has 19 heavy (non-hydrogen) atoms. The lowest BCUT2D eigenvalue weighted by molar-refractivity contribution is 0.713. The number of aromatic nitrogens is 2. The number of benzene rings is 1. The molecule has 0 aliphatic heterocycles. The van der Waals surface area contributed by atoms with Gasteiger partial charge in [0.2, 0.25) is 0 Å². The minimum absolute atomic E-state index is 0.230. The van der Waals surface area contributed by atoms with E-state index in [2.05, 4.69) is 4.98 Å². The normalized spacial score (nSPS) is 11.0. The highest BCUT2D eigenvalue weighted by molar-refractivity contribution is 7.18. The number of fused-ring (bicyclic) bond motifs is 1. The molecule has 0 atom stereocenters. The van der Waals surface area contributed by atoms with Crippen LogP contribution < -0.4 is 11.2 Å². The maximum atomic E-state index is 12.3. The van der Waals surface area contributed by atoms with Crippen LogP contribution in [0.15, 0.2) is 46.0 Å². The van der Waals surface area contributed by atoms with Gasteiger partial charge in [-0.2, -0.15) is 0 Å². The molecule has 0 saturated heterocycles. The van der Waals surface area contributed by atoms with Crippen molar-refractivity contribution < 1.29 is 0 Å². The fourth-order valence-electron chi connectivity index (χ4n) is 2.08. The zero-order valence-corrected chi connectivity index (χ0v) is 11.2. The molecule has 0 radical (unpaired) electrons. The molecule has 2 aromatic heterocycles. The van der Waals surface area contributed by atoms with E-state index in [9.17, 15) is 9.59 Å².